The molecule has 2 heterocycles. The van der Waals surface area contributed by atoms with Crippen molar-refractivity contribution in [2.24, 2.45) is 0 Å². The molecule has 2 aromatic rings. The van der Waals surface area contributed by atoms with Crippen LogP contribution in [0, 0.1) is 0 Å². The average molecular weight is 508 g/mol. The number of hydrogen-bond donors (Lipinski definition) is 2. The molecule has 1 atom stereocenters. The van der Waals surface area contributed by atoms with Crippen molar-refractivity contribution in [1.29, 1.82) is 0 Å². The van der Waals surface area contributed by atoms with Gasteiger partial charge < -0.3 is 24.8 Å². The minimum Gasteiger partial charge on any atom is -0.496 e. The van der Waals surface area contributed by atoms with E-state index in [1.54, 1.807) is 23.5 Å². The topological polar surface area (TPSA) is 106 Å². The number of amides is 3. The first-order valence-electron chi connectivity index (χ1n) is 13.5. The van der Waals surface area contributed by atoms with Crippen LogP contribution in [0.1, 0.15) is 91.3 Å². The van der Waals surface area contributed by atoms with Gasteiger partial charge in [0, 0.05) is 24.2 Å². The molecule has 198 valence electrons. The van der Waals surface area contributed by atoms with Gasteiger partial charge in [0.1, 0.15) is 17.0 Å². The molecule has 2 N–H and O–H groups in total. The van der Waals surface area contributed by atoms with Gasteiger partial charge in [0.25, 0.3) is 11.8 Å². The lowest BCUT2D eigenvalue weighted by molar-refractivity contribution is -0.133. The normalized spacial score (nSPS) is 22.5. The monoisotopic (exact) mass is 507 g/mol. The molecule has 0 saturated heterocycles. The molecule has 3 amide bonds. The zero-order chi connectivity index (χ0) is 26.0. The number of benzene rings is 1. The van der Waals surface area contributed by atoms with Crippen LogP contribution >= 0.6 is 0 Å². The van der Waals surface area contributed by atoms with Crippen molar-refractivity contribution >= 4 is 17.7 Å². The third-order valence-electron chi connectivity index (χ3n) is 7.96. The van der Waals surface area contributed by atoms with Gasteiger partial charge in [-0.2, -0.15) is 0 Å². The summed E-state index contributed by atoms with van der Waals surface area (Å²) in [6, 6.07) is 7.62. The van der Waals surface area contributed by atoms with E-state index in [0.717, 1.165) is 44.1 Å². The van der Waals surface area contributed by atoms with E-state index in [2.05, 4.69) is 15.6 Å². The summed E-state index contributed by atoms with van der Waals surface area (Å²) >= 11 is 0. The Balaban J connectivity index is 1.35. The van der Waals surface area contributed by atoms with Crippen molar-refractivity contribution < 1.29 is 19.1 Å². The van der Waals surface area contributed by atoms with Crippen molar-refractivity contribution in [2.75, 3.05) is 7.11 Å². The summed E-state index contributed by atoms with van der Waals surface area (Å²) in [6.45, 7) is 2.33. The fourth-order valence-corrected chi connectivity index (χ4v) is 5.79. The molecular formula is C28H37N5O4. The second-order valence-corrected chi connectivity index (χ2v) is 10.8. The van der Waals surface area contributed by atoms with Gasteiger partial charge in [-0.15, -0.1) is 0 Å². The molecule has 1 aromatic heterocycles. The maximum Gasteiger partial charge on any atom is 0.274 e. The predicted octanol–water partition coefficient (Wildman–Crippen LogP) is 3.43. The number of imidazole rings is 1. The van der Waals surface area contributed by atoms with Crippen LogP contribution in [-0.4, -0.2) is 56.9 Å². The van der Waals surface area contributed by atoms with Gasteiger partial charge in [-0.3, -0.25) is 14.4 Å². The molecule has 37 heavy (non-hydrogen) atoms. The van der Waals surface area contributed by atoms with E-state index in [-0.39, 0.29) is 54.3 Å². The van der Waals surface area contributed by atoms with E-state index in [1.165, 1.54) is 25.6 Å². The summed E-state index contributed by atoms with van der Waals surface area (Å²) in [5.41, 5.74) is 0.208. The third kappa shape index (κ3) is 5.08. The molecular weight excluding hydrogens is 470 g/mol. The molecule has 0 radical (unpaired) electrons. The van der Waals surface area contributed by atoms with Gasteiger partial charge in [-0.1, -0.05) is 50.3 Å². The molecule has 0 unspecified atom stereocenters. The van der Waals surface area contributed by atoms with Gasteiger partial charge in [-0.25, -0.2) is 4.98 Å². The number of carbonyl (C=O) groups excluding carboxylic acids is 3. The number of nitrogens with zero attached hydrogens (tertiary/aromatic N) is 3. The van der Waals surface area contributed by atoms with Crippen molar-refractivity contribution in [3.05, 3.63) is 47.5 Å². The molecule has 9 heteroatoms. The van der Waals surface area contributed by atoms with Gasteiger partial charge in [0.2, 0.25) is 5.91 Å². The molecule has 1 aromatic carbocycles. The zero-order valence-corrected chi connectivity index (χ0v) is 21.8. The first-order chi connectivity index (χ1) is 17.9. The van der Waals surface area contributed by atoms with Crippen molar-refractivity contribution in [3.63, 3.8) is 0 Å². The van der Waals surface area contributed by atoms with Crippen molar-refractivity contribution in [3.8, 4) is 5.75 Å². The molecule has 9 nitrogen and oxygen atoms in total. The van der Waals surface area contributed by atoms with Gasteiger partial charge >= 0.3 is 0 Å². The minimum atomic E-state index is -1.10. The zero-order valence-electron chi connectivity index (χ0n) is 21.8. The summed E-state index contributed by atoms with van der Waals surface area (Å²) in [5, 5.41) is 6.15. The fraction of sp³-hybridized carbons (Fsp3) is 0.571. The number of rotatable bonds is 7. The summed E-state index contributed by atoms with van der Waals surface area (Å²) in [7, 11) is 1.60. The Bertz CT molecular complexity index is 1170. The summed E-state index contributed by atoms with van der Waals surface area (Å²) in [4.78, 5) is 46.8. The highest BCUT2D eigenvalue weighted by molar-refractivity contribution is 6.07. The predicted molar refractivity (Wildman–Crippen MR) is 138 cm³/mol. The van der Waals surface area contributed by atoms with Crippen LogP contribution < -0.4 is 15.4 Å². The van der Waals surface area contributed by atoms with E-state index < -0.39 is 5.54 Å². The van der Waals surface area contributed by atoms with Crippen LogP contribution in [0.25, 0.3) is 0 Å². The van der Waals surface area contributed by atoms with E-state index in [0.29, 0.717) is 5.75 Å². The lowest BCUT2D eigenvalue weighted by Crippen LogP contribution is -2.64. The molecule has 2 aliphatic carbocycles. The van der Waals surface area contributed by atoms with Crippen LogP contribution in [-0.2, 0) is 17.9 Å². The lowest BCUT2D eigenvalue weighted by atomic mass is 9.93. The largest absolute Gasteiger partial charge is 0.496 e. The van der Waals surface area contributed by atoms with Crippen LogP contribution in [0.2, 0.25) is 0 Å². The number of methoxy groups -OCH3 is 1. The second kappa shape index (κ2) is 10.6. The second-order valence-electron chi connectivity index (χ2n) is 10.8. The number of ether oxygens (including phenoxy) is 1. The van der Waals surface area contributed by atoms with Crippen LogP contribution in [0.3, 0.4) is 0 Å². The SMILES string of the molecule is COc1ccccc1CNC(=O)[C@@]1(C)Cn2cnc(C(=O)NC3CCCCCCC3)c2C(=O)N1C1CC1. The number of fused-ring (bicyclic) bond motifs is 1. The maximum atomic E-state index is 13.9. The van der Waals surface area contributed by atoms with E-state index in [4.69, 9.17) is 4.74 Å². The summed E-state index contributed by atoms with van der Waals surface area (Å²) < 4.78 is 7.09. The fourth-order valence-electron chi connectivity index (χ4n) is 5.79. The molecule has 0 bridgehead atoms. The number of carbonyl (C=O) groups is 3. The first kappa shape index (κ1) is 25.3. The summed E-state index contributed by atoms with van der Waals surface area (Å²) in [5.74, 6) is -0.140. The Morgan fingerprint density at radius 2 is 1.78 bits per heavy atom. The molecule has 3 aliphatic rings. The minimum absolute atomic E-state index is 0.0142. The molecule has 2 saturated carbocycles. The highest BCUT2D eigenvalue weighted by Gasteiger charge is 2.53. The molecule has 1 aliphatic heterocycles. The van der Waals surface area contributed by atoms with Crippen molar-refractivity contribution in [2.45, 2.75) is 95.4 Å². The van der Waals surface area contributed by atoms with E-state index in [1.807, 2.05) is 24.3 Å². The Morgan fingerprint density at radius 1 is 1.08 bits per heavy atom. The highest BCUT2D eigenvalue weighted by Crippen LogP contribution is 2.39. The quantitative estimate of drug-likeness (QED) is 0.597. The van der Waals surface area contributed by atoms with Gasteiger partial charge in [0.05, 0.1) is 20.0 Å². The van der Waals surface area contributed by atoms with E-state index in [9.17, 15) is 14.4 Å². The van der Waals surface area contributed by atoms with Crippen molar-refractivity contribution in [1.82, 2.24) is 25.1 Å². The van der Waals surface area contributed by atoms with Crippen LogP contribution in [0.15, 0.2) is 30.6 Å². The first-order valence-corrected chi connectivity index (χ1v) is 13.5. The number of hydrogen-bond acceptors (Lipinski definition) is 5. The number of aromatic nitrogens is 2. The molecule has 5 rings (SSSR count). The molecule has 0 spiro atoms. The number of para-hydroxylation sites is 1. The Labute approximate surface area is 218 Å². The average Bonchev–Trinajstić information content (AvgIpc) is 3.61. The Morgan fingerprint density at radius 3 is 2.49 bits per heavy atom. The number of nitrogens with one attached hydrogen (secondary N) is 2. The van der Waals surface area contributed by atoms with Crippen LogP contribution in [0.4, 0.5) is 0 Å². The third-order valence-corrected chi connectivity index (χ3v) is 7.96. The lowest BCUT2D eigenvalue weighted by Gasteiger charge is -2.44. The van der Waals surface area contributed by atoms with Gasteiger partial charge in [0.15, 0.2) is 5.69 Å². The Kier molecular flexibility index (Phi) is 7.22. The van der Waals surface area contributed by atoms with Crippen LogP contribution in [0.5, 0.6) is 5.75 Å². The van der Waals surface area contributed by atoms with E-state index >= 15 is 0 Å². The standard InChI is InChI=1S/C28H37N5O4/c1-28(27(36)29-16-19-10-8-9-13-22(19)37-2)17-32-18-30-23(24(32)26(35)33(28)21-14-15-21)25(34)31-20-11-6-4-3-5-7-12-20/h8-10,13,18,20-21H,3-7,11-12,14-17H2,1-2H3,(H,29,36)(H,31,34)/t28-/m1/s1. The smallest absolute Gasteiger partial charge is 0.274 e. The van der Waals surface area contributed by atoms with Gasteiger partial charge in [-0.05, 0) is 38.7 Å². The summed E-state index contributed by atoms with van der Waals surface area (Å²) in [6.07, 6.45) is 11.0. The highest BCUT2D eigenvalue weighted by atomic mass is 16.5. The molecule has 2 fully saturated rings. The Hall–Kier alpha value is -3.36. The maximum absolute atomic E-state index is 13.9.